The van der Waals surface area contributed by atoms with Gasteiger partial charge in [-0.2, -0.15) is 0 Å². The molecule has 4 rings (SSSR count). The zero-order valence-electron chi connectivity index (χ0n) is 19.8. The van der Waals surface area contributed by atoms with Crippen LogP contribution < -0.4 is 10.1 Å². The number of pyridine rings is 1. The summed E-state index contributed by atoms with van der Waals surface area (Å²) in [6.07, 6.45) is 3.57. The number of benzene rings is 2. The van der Waals surface area contributed by atoms with Crippen LogP contribution in [0.4, 0.5) is 5.69 Å². The molecule has 1 saturated heterocycles. The van der Waals surface area contributed by atoms with Crippen molar-refractivity contribution in [1.29, 1.82) is 0 Å². The first-order valence-electron chi connectivity index (χ1n) is 11.4. The highest BCUT2D eigenvalue weighted by atomic mass is 16.5. The van der Waals surface area contributed by atoms with Gasteiger partial charge in [-0.1, -0.05) is 24.3 Å². The highest BCUT2D eigenvalue weighted by Gasteiger charge is 2.33. The number of anilines is 1. The summed E-state index contributed by atoms with van der Waals surface area (Å²) < 4.78 is 5.28. The number of ether oxygens (including phenoxy) is 1. The number of nitrogens with zero attached hydrogens (tertiary/aromatic N) is 3. The summed E-state index contributed by atoms with van der Waals surface area (Å²) in [5.41, 5.74) is 4.64. The predicted molar refractivity (Wildman–Crippen MR) is 132 cm³/mol. The molecule has 1 aliphatic rings. The molecule has 3 aromatic rings. The van der Waals surface area contributed by atoms with Crippen molar-refractivity contribution in [3.8, 4) is 5.75 Å². The van der Waals surface area contributed by atoms with Gasteiger partial charge in [0.25, 0.3) is 5.91 Å². The predicted octanol–water partition coefficient (Wildman–Crippen LogP) is 4.06. The number of rotatable bonds is 6. The minimum Gasteiger partial charge on any atom is -0.497 e. The van der Waals surface area contributed by atoms with Crippen molar-refractivity contribution in [2.75, 3.05) is 32.1 Å². The van der Waals surface area contributed by atoms with Crippen LogP contribution in [0.5, 0.6) is 5.75 Å². The van der Waals surface area contributed by atoms with Crippen molar-refractivity contribution in [2.45, 2.75) is 26.4 Å². The fraction of sp³-hybridized carbons (Fsp3) is 0.296. The van der Waals surface area contributed by atoms with Crippen molar-refractivity contribution < 1.29 is 14.3 Å². The number of amides is 2. The van der Waals surface area contributed by atoms with Gasteiger partial charge in [0.15, 0.2) is 0 Å². The zero-order valence-corrected chi connectivity index (χ0v) is 19.8. The Morgan fingerprint density at radius 1 is 1.12 bits per heavy atom. The highest BCUT2D eigenvalue weighted by molar-refractivity contribution is 5.96. The Balaban J connectivity index is 1.58. The number of hydrogen-bond acceptors (Lipinski definition) is 5. The Morgan fingerprint density at radius 3 is 2.59 bits per heavy atom. The standard InChI is InChI=1S/C27H30N4O3/c1-19-6-7-23(15-25(19)29-17-21-5-4-12-28-16-21)27(33)31-14-13-30(20(2)32)18-26(31)22-8-10-24(34-3)11-9-22/h4-12,15-16,26,29H,13-14,17-18H2,1-3H3/t26-/m0/s1. The first-order chi connectivity index (χ1) is 16.5. The van der Waals surface area contributed by atoms with Gasteiger partial charge in [-0.15, -0.1) is 0 Å². The minimum atomic E-state index is -0.232. The third-order valence-electron chi connectivity index (χ3n) is 6.28. The minimum absolute atomic E-state index is 0.0165. The fourth-order valence-electron chi connectivity index (χ4n) is 4.23. The molecule has 0 aliphatic carbocycles. The summed E-state index contributed by atoms with van der Waals surface area (Å²) in [6, 6.07) is 17.1. The maximum Gasteiger partial charge on any atom is 0.254 e. The van der Waals surface area contributed by atoms with Crippen molar-refractivity contribution in [3.63, 3.8) is 0 Å². The number of nitrogens with one attached hydrogen (secondary N) is 1. The van der Waals surface area contributed by atoms with Gasteiger partial charge < -0.3 is 19.9 Å². The van der Waals surface area contributed by atoms with Crippen LogP contribution in [0.1, 0.15) is 40.0 Å². The van der Waals surface area contributed by atoms with Crippen LogP contribution in [0, 0.1) is 6.92 Å². The second-order valence-corrected chi connectivity index (χ2v) is 8.50. The van der Waals surface area contributed by atoms with Gasteiger partial charge in [0.1, 0.15) is 5.75 Å². The van der Waals surface area contributed by atoms with Crippen molar-refractivity contribution in [3.05, 3.63) is 89.2 Å². The molecule has 2 amide bonds. The molecule has 1 fully saturated rings. The molecule has 1 aromatic heterocycles. The lowest BCUT2D eigenvalue weighted by Crippen LogP contribution is -2.51. The van der Waals surface area contributed by atoms with Crippen LogP contribution in [-0.2, 0) is 11.3 Å². The fourth-order valence-corrected chi connectivity index (χ4v) is 4.23. The van der Waals surface area contributed by atoms with Crippen LogP contribution in [0.2, 0.25) is 0 Å². The molecule has 176 valence electrons. The topological polar surface area (TPSA) is 74.8 Å². The van der Waals surface area contributed by atoms with E-state index in [2.05, 4.69) is 10.3 Å². The average Bonchev–Trinajstić information content (AvgIpc) is 2.88. The molecular formula is C27H30N4O3. The number of carbonyl (C=O) groups is 2. The molecule has 0 unspecified atom stereocenters. The molecule has 1 aliphatic heterocycles. The van der Waals surface area contributed by atoms with Crippen LogP contribution in [0.25, 0.3) is 0 Å². The number of carbonyl (C=O) groups excluding carboxylic acids is 2. The van der Waals surface area contributed by atoms with Crippen LogP contribution in [0.3, 0.4) is 0 Å². The van der Waals surface area contributed by atoms with E-state index < -0.39 is 0 Å². The molecule has 34 heavy (non-hydrogen) atoms. The van der Waals surface area contributed by atoms with Crippen molar-refractivity contribution in [1.82, 2.24) is 14.8 Å². The molecule has 2 aromatic carbocycles. The van der Waals surface area contributed by atoms with Gasteiger partial charge in [-0.3, -0.25) is 14.6 Å². The lowest BCUT2D eigenvalue weighted by atomic mass is 10.00. The molecule has 0 spiro atoms. The first-order valence-corrected chi connectivity index (χ1v) is 11.4. The van der Waals surface area contributed by atoms with Gasteiger partial charge >= 0.3 is 0 Å². The molecule has 7 nitrogen and oxygen atoms in total. The number of aromatic nitrogens is 1. The van der Waals surface area contributed by atoms with E-state index in [1.54, 1.807) is 25.1 Å². The van der Waals surface area contributed by atoms with Gasteiger partial charge in [0.05, 0.1) is 13.2 Å². The smallest absolute Gasteiger partial charge is 0.254 e. The number of aryl methyl sites for hydroxylation is 1. The average molecular weight is 459 g/mol. The van der Waals surface area contributed by atoms with E-state index in [1.165, 1.54) is 0 Å². The van der Waals surface area contributed by atoms with E-state index in [-0.39, 0.29) is 17.9 Å². The SMILES string of the molecule is COc1ccc([C@@H]2CN(C(C)=O)CCN2C(=O)c2ccc(C)c(NCc3cccnc3)c2)cc1. The van der Waals surface area contributed by atoms with E-state index in [9.17, 15) is 9.59 Å². The summed E-state index contributed by atoms with van der Waals surface area (Å²) in [4.78, 5) is 33.6. The molecule has 1 N–H and O–H groups in total. The maximum atomic E-state index is 13.7. The Labute approximate surface area is 200 Å². The summed E-state index contributed by atoms with van der Waals surface area (Å²) >= 11 is 0. The lowest BCUT2D eigenvalue weighted by molar-refractivity contribution is -0.131. The van der Waals surface area contributed by atoms with Crippen molar-refractivity contribution in [2.24, 2.45) is 0 Å². The van der Waals surface area contributed by atoms with Crippen LogP contribution in [-0.4, -0.2) is 53.3 Å². The second-order valence-electron chi connectivity index (χ2n) is 8.50. The lowest BCUT2D eigenvalue weighted by Gasteiger charge is -2.41. The molecule has 0 saturated carbocycles. The first kappa shape index (κ1) is 23.3. The zero-order chi connectivity index (χ0) is 24.1. The third-order valence-corrected chi connectivity index (χ3v) is 6.28. The van der Waals surface area contributed by atoms with E-state index in [0.717, 1.165) is 28.1 Å². The quantitative estimate of drug-likeness (QED) is 0.603. The summed E-state index contributed by atoms with van der Waals surface area (Å²) in [5, 5.41) is 3.43. The van der Waals surface area contributed by atoms with Gasteiger partial charge in [0.2, 0.25) is 5.91 Å². The maximum absolute atomic E-state index is 13.7. The Bertz CT molecular complexity index is 1150. The van der Waals surface area contributed by atoms with E-state index in [0.29, 0.717) is 31.7 Å². The van der Waals surface area contributed by atoms with Crippen LogP contribution >= 0.6 is 0 Å². The van der Waals surface area contributed by atoms with E-state index in [1.807, 2.05) is 72.6 Å². The molecule has 1 atom stereocenters. The second kappa shape index (κ2) is 10.4. The summed E-state index contributed by atoms with van der Waals surface area (Å²) in [7, 11) is 1.63. The third kappa shape index (κ3) is 5.20. The Morgan fingerprint density at radius 2 is 1.91 bits per heavy atom. The van der Waals surface area contributed by atoms with Crippen molar-refractivity contribution >= 4 is 17.5 Å². The highest BCUT2D eigenvalue weighted by Crippen LogP contribution is 2.29. The van der Waals surface area contributed by atoms with Gasteiger partial charge in [-0.05, 0) is 53.9 Å². The summed E-state index contributed by atoms with van der Waals surface area (Å²) in [5.74, 6) is 0.722. The number of hydrogen-bond donors (Lipinski definition) is 1. The Kier molecular flexibility index (Phi) is 7.11. The molecular weight excluding hydrogens is 428 g/mol. The van der Waals surface area contributed by atoms with Crippen LogP contribution in [0.15, 0.2) is 67.0 Å². The summed E-state index contributed by atoms with van der Waals surface area (Å²) in [6.45, 7) is 5.67. The van der Waals surface area contributed by atoms with E-state index in [4.69, 9.17) is 4.74 Å². The van der Waals surface area contributed by atoms with Gasteiger partial charge in [-0.25, -0.2) is 0 Å². The Hall–Kier alpha value is -3.87. The molecule has 7 heteroatoms. The van der Waals surface area contributed by atoms with Gasteiger partial charge in [0, 0.05) is 56.7 Å². The number of piperazine rings is 1. The molecule has 0 radical (unpaired) electrons. The normalized spacial score (nSPS) is 15.7. The molecule has 0 bridgehead atoms. The number of methoxy groups -OCH3 is 1. The monoisotopic (exact) mass is 458 g/mol. The molecule has 2 heterocycles. The largest absolute Gasteiger partial charge is 0.497 e. The van der Waals surface area contributed by atoms with E-state index >= 15 is 0 Å².